The van der Waals surface area contributed by atoms with E-state index in [4.69, 9.17) is 9.84 Å². The Balaban J connectivity index is 2.04. The molecule has 4 heteroatoms. The Kier molecular flexibility index (Phi) is 4.43. The van der Waals surface area contributed by atoms with Gasteiger partial charge < -0.3 is 9.84 Å². The van der Waals surface area contributed by atoms with Gasteiger partial charge in [-0.05, 0) is 50.9 Å². The van der Waals surface area contributed by atoms with Gasteiger partial charge in [-0.15, -0.1) is 0 Å². The number of carboxylic acid groups (broad SMARTS) is 1. The number of ether oxygens (including phenoxy) is 1. The molecule has 104 valence electrons. The molecular weight excluding hydrogens is 242 g/mol. The van der Waals surface area contributed by atoms with Crippen molar-refractivity contribution in [3.8, 4) is 5.75 Å². The van der Waals surface area contributed by atoms with E-state index in [1.165, 1.54) is 0 Å². The Labute approximate surface area is 114 Å². The van der Waals surface area contributed by atoms with Gasteiger partial charge in [0.05, 0.1) is 6.10 Å². The summed E-state index contributed by atoms with van der Waals surface area (Å²) in [6, 6.07) is 7.57. The van der Waals surface area contributed by atoms with E-state index in [-0.39, 0.29) is 12.1 Å². The molecule has 1 aromatic rings. The minimum atomic E-state index is -0.716. The SMILES string of the molecule is CC(C)Oc1cccc(CN2CCC[C@H]2C(=O)O)c1. The minimum Gasteiger partial charge on any atom is -0.491 e. The fourth-order valence-corrected chi connectivity index (χ4v) is 2.52. The number of nitrogens with zero attached hydrogens (tertiary/aromatic N) is 1. The number of likely N-dealkylation sites (tertiary alicyclic amines) is 1. The van der Waals surface area contributed by atoms with E-state index < -0.39 is 5.97 Å². The van der Waals surface area contributed by atoms with Crippen LogP contribution in [-0.4, -0.2) is 34.7 Å². The third kappa shape index (κ3) is 3.70. The smallest absolute Gasteiger partial charge is 0.320 e. The highest BCUT2D eigenvalue weighted by Crippen LogP contribution is 2.22. The van der Waals surface area contributed by atoms with Gasteiger partial charge in [-0.2, -0.15) is 0 Å². The van der Waals surface area contributed by atoms with Gasteiger partial charge in [-0.25, -0.2) is 0 Å². The van der Waals surface area contributed by atoms with Crippen LogP contribution < -0.4 is 4.74 Å². The van der Waals surface area contributed by atoms with Crippen molar-refractivity contribution < 1.29 is 14.6 Å². The lowest BCUT2D eigenvalue weighted by Crippen LogP contribution is -2.35. The van der Waals surface area contributed by atoms with Crippen LogP contribution in [-0.2, 0) is 11.3 Å². The van der Waals surface area contributed by atoms with E-state index in [9.17, 15) is 4.79 Å². The third-order valence-corrected chi connectivity index (χ3v) is 3.30. The number of hydrogen-bond acceptors (Lipinski definition) is 3. The van der Waals surface area contributed by atoms with Crippen molar-refractivity contribution in [2.24, 2.45) is 0 Å². The molecule has 1 N–H and O–H groups in total. The molecule has 19 heavy (non-hydrogen) atoms. The number of benzene rings is 1. The summed E-state index contributed by atoms with van der Waals surface area (Å²) >= 11 is 0. The van der Waals surface area contributed by atoms with Crippen molar-refractivity contribution in [3.05, 3.63) is 29.8 Å². The fraction of sp³-hybridized carbons (Fsp3) is 0.533. The minimum absolute atomic E-state index is 0.147. The topological polar surface area (TPSA) is 49.8 Å². The van der Waals surface area contributed by atoms with Gasteiger partial charge in [0.15, 0.2) is 0 Å². The summed E-state index contributed by atoms with van der Waals surface area (Å²) in [5.41, 5.74) is 1.10. The van der Waals surface area contributed by atoms with Gasteiger partial charge in [-0.1, -0.05) is 12.1 Å². The molecule has 0 aliphatic carbocycles. The second-order valence-electron chi connectivity index (χ2n) is 5.28. The maximum atomic E-state index is 11.1. The molecule has 1 aliphatic rings. The first kappa shape index (κ1) is 13.9. The zero-order chi connectivity index (χ0) is 13.8. The quantitative estimate of drug-likeness (QED) is 0.887. The molecule has 0 aromatic heterocycles. The molecule has 0 amide bonds. The van der Waals surface area contributed by atoms with Crippen molar-refractivity contribution in [3.63, 3.8) is 0 Å². The molecule has 1 saturated heterocycles. The predicted octanol–water partition coefficient (Wildman–Crippen LogP) is 2.52. The first-order valence-corrected chi connectivity index (χ1v) is 6.78. The number of carbonyl (C=O) groups is 1. The molecule has 0 saturated carbocycles. The highest BCUT2D eigenvalue weighted by Gasteiger charge is 2.30. The van der Waals surface area contributed by atoms with E-state index in [0.717, 1.165) is 30.7 Å². The van der Waals surface area contributed by atoms with Gasteiger partial charge in [0.2, 0.25) is 0 Å². The molecular formula is C15H21NO3. The normalized spacial score (nSPS) is 19.8. The lowest BCUT2D eigenvalue weighted by Gasteiger charge is -2.21. The maximum absolute atomic E-state index is 11.1. The molecule has 0 bridgehead atoms. The van der Waals surface area contributed by atoms with Crippen LogP contribution in [0.1, 0.15) is 32.3 Å². The maximum Gasteiger partial charge on any atom is 0.320 e. The molecule has 1 atom stereocenters. The summed E-state index contributed by atoms with van der Waals surface area (Å²) in [6.07, 6.45) is 1.85. The Morgan fingerprint density at radius 2 is 2.32 bits per heavy atom. The van der Waals surface area contributed by atoms with Crippen LogP contribution in [0.5, 0.6) is 5.75 Å². The van der Waals surface area contributed by atoms with Crippen molar-refractivity contribution >= 4 is 5.97 Å². The highest BCUT2D eigenvalue weighted by atomic mass is 16.5. The summed E-state index contributed by atoms with van der Waals surface area (Å²) < 4.78 is 5.66. The van der Waals surface area contributed by atoms with E-state index in [0.29, 0.717) is 6.54 Å². The average molecular weight is 263 g/mol. The Morgan fingerprint density at radius 1 is 1.53 bits per heavy atom. The van der Waals surface area contributed by atoms with Crippen molar-refractivity contribution in [2.45, 2.75) is 45.4 Å². The van der Waals surface area contributed by atoms with Crippen molar-refractivity contribution in [1.82, 2.24) is 4.90 Å². The number of carboxylic acids is 1. The van der Waals surface area contributed by atoms with Crippen molar-refractivity contribution in [1.29, 1.82) is 0 Å². The molecule has 1 fully saturated rings. The molecule has 1 heterocycles. The summed E-state index contributed by atoms with van der Waals surface area (Å²) in [4.78, 5) is 13.2. The number of aliphatic carboxylic acids is 1. The zero-order valence-electron chi connectivity index (χ0n) is 11.5. The lowest BCUT2D eigenvalue weighted by atomic mass is 10.1. The zero-order valence-corrected chi connectivity index (χ0v) is 11.5. The van der Waals surface area contributed by atoms with Gasteiger partial charge in [0, 0.05) is 6.54 Å². The van der Waals surface area contributed by atoms with E-state index >= 15 is 0 Å². The van der Waals surface area contributed by atoms with Crippen LogP contribution in [0.25, 0.3) is 0 Å². The van der Waals surface area contributed by atoms with Crippen LogP contribution in [0.2, 0.25) is 0 Å². The monoisotopic (exact) mass is 263 g/mol. The summed E-state index contributed by atoms with van der Waals surface area (Å²) in [7, 11) is 0. The number of rotatable bonds is 5. The van der Waals surface area contributed by atoms with Crippen LogP contribution in [0.4, 0.5) is 0 Å². The van der Waals surface area contributed by atoms with E-state index in [2.05, 4.69) is 0 Å². The lowest BCUT2D eigenvalue weighted by molar-refractivity contribution is -0.142. The molecule has 1 aliphatic heterocycles. The largest absolute Gasteiger partial charge is 0.491 e. The first-order valence-electron chi connectivity index (χ1n) is 6.78. The van der Waals surface area contributed by atoms with Gasteiger partial charge in [-0.3, -0.25) is 9.69 Å². The molecule has 1 aromatic carbocycles. The second-order valence-corrected chi connectivity index (χ2v) is 5.28. The third-order valence-electron chi connectivity index (χ3n) is 3.30. The van der Waals surface area contributed by atoms with Crippen LogP contribution in [0.3, 0.4) is 0 Å². The Bertz CT molecular complexity index is 445. The molecule has 0 unspecified atom stereocenters. The standard InChI is InChI=1S/C15H21NO3/c1-11(2)19-13-6-3-5-12(9-13)10-16-8-4-7-14(16)15(17)18/h3,5-6,9,11,14H,4,7-8,10H2,1-2H3,(H,17,18)/t14-/m0/s1. The Hall–Kier alpha value is -1.55. The Morgan fingerprint density at radius 3 is 3.00 bits per heavy atom. The molecule has 4 nitrogen and oxygen atoms in total. The second kappa shape index (κ2) is 6.06. The fourth-order valence-electron chi connectivity index (χ4n) is 2.52. The summed E-state index contributed by atoms with van der Waals surface area (Å²) in [5, 5.41) is 9.17. The van der Waals surface area contributed by atoms with Gasteiger partial charge in [0.1, 0.15) is 11.8 Å². The van der Waals surface area contributed by atoms with Crippen LogP contribution >= 0.6 is 0 Å². The van der Waals surface area contributed by atoms with E-state index in [1.807, 2.05) is 43.0 Å². The van der Waals surface area contributed by atoms with E-state index in [1.54, 1.807) is 0 Å². The van der Waals surface area contributed by atoms with Crippen molar-refractivity contribution in [2.75, 3.05) is 6.54 Å². The number of hydrogen-bond donors (Lipinski definition) is 1. The summed E-state index contributed by atoms with van der Waals surface area (Å²) in [5.74, 6) is 0.130. The average Bonchev–Trinajstić information content (AvgIpc) is 2.76. The highest BCUT2D eigenvalue weighted by molar-refractivity contribution is 5.73. The predicted molar refractivity (Wildman–Crippen MR) is 73.3 cm³/mol. The summed E-state index contributed by atoms with van der Waals surface area (Å²) in [6.45, 7) is 5.51. The van der Waals surface area contributed by atoms with Crippen LogP contribution in [0.15, 0.2) is 24.3 Å². The molecule has 0 spiro atoms. The molecule has 0 radical (unpaired) electrons. The van der Waals surface area contributed by atoms with Crippen LogP contribution in [0, 0.1) is 0 Å². The molecule has 2 rings (SSSR count). The first-order chi connectivity index (χ1) is 9.06. The van der Waals surface area contributed by atoms with Gasteiger partial charge in [0.25, 0.3) is 0 Å². The van der Waals surface area contributed by atoms with Gasteiger partial charge >= 0.3 is 5.97 Å².